The van der Waals surface area contributed by atoms with E-state index in [1.165, 1.54) is 0 Å². The second kappa shape index (κ2) is 4.55. The molecule has 0 fully saturated rings. The van der Waals surface area contributed by atoms with Gasteiger partial charge in [-0.1, -0.05) is 6.07 Å². The largest absolute Gasteiger partial charge is 0.355 e. The zero-order chi connectivity index (χ0) is 9.73. The van der Waals surface area contributed by atoms with E-state index in [9.17, 15) is 8.42 Å². The first kappa shape index (κ1) is 10.4. The Balaban J connectivity index is 2.37. The molecule has 4 nitrogen and oxygen atoms in total. The van der Waals surface area contributed by atoms with E-state index in [4.69, 9.17) is 10.7 Å². The van der Waals surface area contributed by atoms with Crippen molar-refractivity contribution in [1.82, 2.24) is 4.98 Å². The van der Waals surface area contributed by atoms with Crippen molar-refractivity contribution in [3.8, 4) is 0 Å². The molecule has 0 saturated carbocycles. The number of halogens is 1. The summed E-state index contributed by atoms with van der Waals surface area (Å²) in [5.74, 6) is 0. The third kappa shape index (κ3) is 4.82. The Labute approximate surface area is 81.1 Å². The third-order valence-electron chi connectivity index (χ3n) is 1.31. The van der Waals surface area contributed by atoms with Crippen LogP contribution in [0.2, 0.25) is 0 Å². The highest BCUT2D eigenvalue weighted by atomic mass is 35.7. The van der Waals surface area contributed by atoms with Crippen molar-refractivity contribution in [3.63, 3.8) is 0 Å². The maximum Gasteiger partial charge on any atom is 0.355 e. The summed E-state index contributed by atoms with van der Waals surface area (Å²) in [4.78, 5) is 3.98. The van der Waals surface area contributed by atoms with Crippen LogP contribution in [-0.4, -0.2) is 20.0 Å². The summed E-state index contributed by atoms with van der Waals surface area (Å²) < 4.78 is 25.0. The molecule has 0 aromatic carbocycles. The summed E-state index contributed by atoms with van der Waals surface area (Å²) in [7, 11) is 0.979. The summed E-state index contributed by atoms with van der Waals surface area (Å²) in [5, 5.41) is 0. The van der Waals surface area contributed by atoms with Crippen LogP contribution in [0.3, 0.4) is 0 Å². The predicted octanol–water partition coefficient (Wildman–Crippen LogP) is 1.12. The lowest BCUT2D eigenvalue weighted by molar-refractivity contribution is 0.331. The van der Waals surface area contributed by atoms with Crippen LogP contribution in [0.1, 0.15) is 5.69 Å². The molecule has 1 aromatic rings. The van der Waals surface area contributed by atoms with Gasteiger partial charge in [-0.25, -0.2) is 0 Å². The van der Waals surface area contributed by atoms with Crippen LogP contribution in [0, 0.1) is 0 Å². The van der Waals surface area contributed by atoms with Crippen LogP contribution < -0.4 is 0 Å². The van der Waals surface area contributed by atoms with Crippen molar-refractivity contribution in [3.05, 3.63) is 30.1 Å². The molecule has 13 heavy (non-hydrogen) atoms. The monoisotopic (exact) mass is 221 g/mol. The highest BCUT2D eigenvalue weighted by molar-refractivity contribution is 8.09. The molecular formula is C7H8ClNO3S. The molecule has 0 radical (unpaired) electrons. The van der Waals surface area contributed by atoms with Gasteiger partial charge in [0.25, 0.3) is 0 Å². The molecule has 1 rings (SSSR count). The van der Waals surface area contributed by atoms with Gasteiger partial charge in [0.15, 0.2) is 0 Å². The molecule has 0 atom stereocenters. The second-order valence-corrected chi connectivity index (χ2v) is 4.44. The predicted molar refractivity (Wildman–Crippen MR) is 48.7 cm³/mol. The van der Waals surface area contributed by atoms with Gasteiger partial charge in [0.2, 0.25) is 0 Å². The minimum Gasteiger partial charge on any atom is -0.261 e. The molecule has 1 heterocycles. The van der Waals surface area contributed by atoms with E-state index in [1.807, 2.05) is 6.07 Å². The van der Waals surface area contributed by atoms with Gasteiger partial charge in [0, 0.05) is 29.0 Å². The summed E-state index contributed by atoms with van der Waals surface area (Å²) in [6.07, 6.45) is 2.05. The topological polar surface area (TPSA) is 56.3 Å². The van der Waals surface area contributed by atoms with E-state index < -0.39 is 9.33 Å². The minimum atomic E-state index is -3.85. The fourth-order valence-corrected chi connectivity index (χ4v) is 1.26. The van der Waals surface area contributed by atoms with Crippen LogP contribution in [-0.2, 0) is 19.9 Å². The summed E-state index contributed by atoms with van der Waals surface area (Å²) in [5.41, 5.74) is 0.766. The van der Waals surface area contributed by atoms with Crippen molar-refractivity contribution >= 4 is 20.0 Å². The van der Waals surface area contributed by atoms with E-state index >= 15 is 0 Å². The summed E-state index contributed by atoms with van der Waals surface area (Å²) in [6, 6.07) is 5.38. The lowest BCUT2D eigenvalue weighted by Crippen LogP contribution is -2.03. The second-order valence-electron chi connectivity index (χ2n) is 2.29. The average molecular weight is 222 g/mol. The number of hydrogen-bond acceptors (Lipinski definition) is 4. The molecule has 0 aliphatic rings. The number of hydrogen-bond donors (Lipinski definition) is 0. The molecule has 72 valence electrons. The number of nitrogens with zero attached hydrogens (tertiary/aromatic N) is 1. The smallest absolute Gasteiger partial charge is 0.261 e. The summed E-state index contributed by atoms with van der Waals surface area (Å²) >= 11 is 0. The van der Waals surface area contributed by atoms with Crippen LogP contribution in [0.4, 0.5) is 0 Å². The fourth-order valence-electron chi connectivity index (χ4n) is 0.792. The molecule has 6 heteroatoms. The van der Waals surface area contributed by atoms with Gasteiger partial charge in [-0.05, 0) is 12.1 Å². The van der Waals surface area contributed by atoms with Crippen LogP contribution >= 0.6 is 10.7 Å². The molecule has 0 amide bonds. The van der Waals surface area contributed by atoms with Crippen molar-refractivity contribution in [2.45, 2.75) is 6.42 Å². The minimum absolute atomic E-state index is 0.0167. The molecular weight excluding hydrogens is 214 g/mol. The Morgan fingerprint density at radius 3 is 2.77 bits per heavy atom. The van der Waals surface area contributed by atoms with Crippen LogP contribution in [0.25, 0.3) is 0 Å². The first-order valence-corrected chi connectivity index (χ1v) is 5.80. The Morgan fingerprint density at radius 2 is 2.23 bits per heavy atom. The first-order valence-electron chi connectivity index (χ1n) is 3.57. The Bertz CT molecular complexity index is 351. The lowest BCUT2D eigenvalue weighted by atomic mass is 10.3. The van der Waals surface area contributed by atoms with E-state index in [2.05, 4.69) is 9.17 Å². The Hall–Kier alpha value is -0.650. The van der Waals surface area contributed by atoms with E-state index in [0.717, 1.165) is 5.69 Å². The first-order chi connectivity index (χ1) is 6.08. The normalized spacial score (nSPS) is 11.5. The van der Waals surface area contributed by atoms with Gasteiger partial charge in [-0.15, -0.1) is 0 Å². The quantitative estimate of drug-likeness (QED) is 0.716. The zero-order valence-corrected chi connectivity index (χ0v) is 8.25. The molecule has 0 N–H and O–H groups in total. The van der Waals surface area contributed by atoms with Gasteiger partial charge in [-0.3, -0.25) is 9.17 Å². The van der Waals surface area contributed by atoms with Crippen molar-refractivity contribution in [1.29, 1.82) is 0 Å². The Kier molecular flexibility index (Phi) is 3.65. The number of aromatic nitrogens is 1. The summed E-state index contributed by atoms with van der Waals surface area (Å²) in [6.45, 7) is 0.0167. The lowest BCUT2D eigenvalue weighted by Gasteiger charge is -1.98. The maximum absolute atomic E-state index is 10.3. The molecule has 0 aliphatic carbocycles. The highest BCUT2D eigenvalue weighted by Crippen LogP contribution is 2.01. The third-order valence-corrected chi connectivity index (χ3v) is 2.02. The molecule has 1 aromatic heterocycles. The van der Waals surface area contributed by atoms with Crippen LogP contribution in [0.15, 0.2) is 24.4 Å². The molecule has 0 unspecified atom stereocenters. The van der Waals surface area contributed by atoms with Crippen molar-refractivity contribution in [2.24, 2.45) is 0 Å². The van der Waals surface area contributed by atoms with Gasteiger partial charge in [0.1, 0.15) is 0 Å². The molecule has 0 spiro atoms. The maximum atomic E-state index is 10.3. The molecule has 0 saturated heterocycles. The van der Waals surface area contributed by atoms with Gasteiger partial charge in [0.05, 0.1) is 6.61 Å². The number of rotatable bonds is 4. The van der Waals surface area contributed by atoms with Crippen LogP contribution in [0.5, 0.6) is 0 Å². The van der Waals surface area contributed by atoms with Gasteiger partial charge in [-0.2, -0.15) is 8.42 Å². The van der Waals surface area contributed by atoms with Gasteiger partial charge >= 0.3 is 9.33 Å². The van der Waals surface area contributed by atoms with E-state index in [1.54, 1.807) is 18.3 Å². The fraction of sp³-hybridized carbons (Fsp3) is 0.286. The SMILES string of the molecule is O=S(=O)(Cl)OCCc1ccccn1. The Morgan fingerprint density at radius 1 is 1.46 bits per heavy atom. The average Bonchev–Trinajstić information content (AvgIpc) is 2.04. The highest BCUT2D eigenvalue weighted by Gasteiger charge is 2.04. The molecule has 0 bridgehead atoms. The zero-order valence-electron chi connectivity index (χ0n) is 6.68. The van der Waals surface area contributed by atoms with Crippen molar-refractivity contribution < 1.29 is 12.6 Å². The van der Waals surface area contributed by atoms with E-state index in [-0.39, 0.29) is 6.61 Å². The van der Waals surface area contributed by atoms with Gasteiger partial charge < -0.3 is 0 Å². The van der Waals surface area contributed by atoms with Crippen molar-refractivity contribution in [2.75, 3.05) is 6.61 Å². The standard InChI is InChI=1S/C7H8ClNO3S/c8-13(10,11)12-6-4-7-3-1-2-5-9-7/h1-3,5H,4,6H2. The molecule has 0 aliphatic heterocycles. The van der Waals surface area contributed by atoms with E-state index in [0.29, 0.717) is 6.42 Å². The number of pyridine rings is 1.